The van der Waals surface area contributed by atoms with E-state index in [4.69, 9.17) is 10.6 Å². The quantitative estimate of drug-likeness (QED) is 0.313. The zero-order chi connectivity index (χ0) is 17.9. The monoisotopic (exact) mass is 334 g/mol. The van der Waals surface area contributed by atoms with Crippen LogP contribution in [0, 0.1) is 4.91 Å². The van der Waals surface area contributed by atoms with E-state index in [-0.39, 0.29) is 17.7 Å². The van der Waals surface area contributed by atoms with Gasteiger partial charge in [-0.3, -0.25) is 9.59 Å². The number of nitroso groups, excluding NO2 is 1. The largest absolute Gasteiger partial charge is 0.570 e. The fraction of sp³-hybridized carbons (Fsp3) is 0.308. The van der Waals surface area contributed by atoms with Gasteiger partial charge in [0.1, 0.15) is 11.3 Å². The van der Waals surface area contributed by atoms with Crippen molar-refractivity contribution in [2.75, 3.05) is 14.1 Å². The Morgan fingerprint density at radius 3 is 2.71 bits per heavy atom. The van der Waals surface area contributed by atoms with Gasteiger partial charge in [0.2, 0.25) is 0 Å². The first kappa shape index (κ1) is 17.4. The average molecular weight is 334 g/mol. The number of carbonyl (C=O) groups excluding carboxylic acids is 3. The molecule has 0 unspecified atom stereocenters. The molecular formula is C13H15BN4O6. The maximum Gasteiger partial charge on any atom is 0.570 e. The molecule has 0 fully saturated rings. The highest BCUT2D eigenvalue weighted by atomic mass is 16.7. The summed E-state index contributed by atoms with van der Waals surface area (Å²) < 4.78 is 5.41. The number of benzene rings is 1. The summed E-state index contributed by atoms with van der Waals surface area (Å²) in [5, 5.41) is 5.23. The Hall–Kier alpha value is -2.95. The molecule has 1 aromatic carbocycles. The fourth-order valence-electron chi connectivity index (χ4n) is 2.30. The van der Waals surface area contributed by atoms with E-state index in [0.717, 1.165) is 4.90 Å². The molecule has 1 aromatic rings. The third-order valence-corrected chi connectivity index (χ3v) is 3.47. The maximum atomic E-state index is 11.9. The van der Waals surface area contributed by atoms with Gasteiger partial charge >= 0.3 is 24.8 Å². The minimum Gasteiger partial charge on any atom is -0.536 e. The third-order valence-electron chi connectivity index (χ3n) is 3.47. The molecule has 1 atom stereocenters. The van der Waals surface area contributed by atoms with Crippen LogP contribution >= 0.6 is 0 Å². The molecule has 10 nitrogen and oxygen atoms in total. The first-order valence-electron chi connectivity index (χ1n) is 6.93. The molecule has 2 amide bonds. The van der Waals surface area contributed by atoms with Gasteiger partial charge < -0.3 is 19.7 Å². The minimum absolute atomic E-state index is 0.0396. The topological polar surface area (TPSA) is 140 Å². The second kappa shape index (κ2) is 7.09. The van der Waals surface area contributed by atoms with E-state index in [0.29, 0.717) is 5.56 Å². The maximum absolute atomic E-state index is 11.9. The highest BCUT2D eigenvalue weighted by molar-refractivity contribution is 6.54. The molecule has 126 valence electrons. The van der Waals surface area contributed by atoms with Gasteiger partial charge in [-0.25, -0.2) is 4.79 Å². The number of para-hydroxylation sites is 1. The number of amides is 2. The van der Waals surface area contributed by atoms with Crippen molar-refractivity contribution < 1.29 is 23.9 Å². The number of nitrogens with two attached hydrogens (primary N) is 1. The molecular weight excluding hydrogens is 319 g/mol. The lowest BCUT2D eigenvalue weighted by Crippen LogP contribution is -2.55. The van der Waals surface area contributed by atoms with Gasteiger partial charge in [0, 0.05) is 14.1 Å². The molecule has 0 saturated heterocycles. The lowest BCUT2D eigenvalue weighted by molar-refractivity contribution is -0.144. The van der Waals surface area contributed by atoms with Crippen LogP contribution in [-0.4, -0.2) is 49.8 Å². The first-order valence-corrected chi connectivity index (χ1v) is 6.93. The van der Waals surface area contributed by atoms with Crippen LogP contribution in [0.5, 0.6) is 5.75 Å². The molecule has 11 heteroatoms. The van der Waals surface area contributed by atoms with E-state index in [2.05, 4.69) is 15.2 Å². The molecule has 0 aliphatic carbocycles. The molecule has 1 heterocycles. The summed E-state index contributed by atoms with van der Waals surface area (Å²) in [5.41, 5.74) is 0.582. The normalized spacial score (nSPS) is 15.6. The molecule has 0 radical (unpaired) electrons. The smallest absolute Gasteiger partial charge is 0.536 e. The van der Waals surface area contributed by atoms with E-state index >= 15 is 0 Å². The predicted molar refractivity (Wildman–Crippen MR) is 82.6 cm³/mol. The lowest BCUT2D eigenvalue weighted by atomic mass is 9.68. The number of nitrogens with one attached hydrogen (secondary N) is 1. The Kier molecular flexibility index (Phi) is 5.14. The number of carbonyl (C=O) groups is 3. The van der Waals surface area contributed by atoms with Crippen LogP contribution < -0.4 is 15.9 Å². The summed E-state index contributed by atoms with van der Waals surface area (Å²) in [7, 11) is 1.55. The van der Waals surface area contributed by atoms with Crippen LogP contribution in [0.1, 0.15) is 15.9 Å². The van der Waals surface area contributed by atoms with E-state index < -0.39 is 30.8 Å². The Morgan fingerprint density at radius 1 is 1.42 bits per heavy atom. The summed E-state index contributed by atoms with van der Waals surface area (Å²) in [6, 6.07) is 4.65. The van der Waals surface area contributed by atoms with Gasteiger partial charge in [0.05, 0.1) is 5.94 Å². The molecule has 0 saturated carbocycles. The number of fused-ring (bicyclic) bond motifs is 1. The van der Waals surface area contributed by atoms with Crippen LogP contribution in [0.4, 0.5) is 0 Å². The van der Waals surface area contributed by atoms with Gasteiger partial charge in [-0.2, -0.15) is 10.8 Å². The summed E-state index contributed by atoms with van der Waals surface area (Å²) in [6.45, 7) is 0. The van der Waals surface area contributed by atoms with Crippen molar-refractivity contribution in [1.82, 2.24) is 10.2 Å². The van der Waals surface area contributed by atoms with Crippen LogP contribution in [-0.2, 0) is 20.8 Å². The van der Waals surface area contributed by atoms with Crippen molar-refractivity contribution in [2.45, 2.75) is 12.4 Å². The van der Waals surface area contributed by atoms with Crippen LogP contribution in [0.25, 0.3) is 0 Å². The number of hydrogen-bond acceptors (Lipinski definition) is 8. The first-order chi connectivity index (χ1) is 11.4. The van der Waals surface area contributed by atoms with Crippen molar-refractivity contribution >= 4 is 24.8 Å². The Bertz CT molecular complexity index is 695. The van der Waals surface area contributed by atoms with Crippen LogP contribution in [0.2, 0.25) is 0 Å². The Balaban J connectivity index is 2.27. The van der Waals surface area contributed by atoms with Gasteiger partial charge in [-0.1, -0.05) is 17.2 Å². The van der Waals surface area contributed by atoms with Gasteiger partial charge in [0.25, 0.3) is 0 Å². The highest BCUT2D eigenvalue weighted by Crippen LogP contribution is 2.31. The van der Waals surface area contributed by atoms with Crippen molar-refractivity contribution in [3.8, 4) is 5.75 Å². The molecule has 2 rings (SSSR count). The minimum atomic E-state index is -1.30. The second-order valence-electron chi connectivity index (χ2n) is 5.30. The van der Waals surface area contributed by atoms with Crippen LogP contribution in [0.15, 0.2) is 23.3 Å². The molecule has 0 bridgehead atoms. The Morgan fingerprint density at radius 2 is 2.12 bits per heavy atom. The van der Waals surface area contributed by atoms with Crippen molar-refractivity contribution in [3.05, 3.63) is 34.2 Å². The van der Waals surface area contributed by atoms with E-state index in [1.165, 1.54) is 20.2 Å². The fourth-order valence-corrected chi connectivity index (χ4v) is 2.30. The Labute approximate surface area is 137 Å². The van der Waals surface area contributed by atoms with Gasteiger partial charge in [-0.15, -0.1) is 0 Å². The molecule has 3 N–H and O–H groups in total. The second-order valence-corrected chi connectivity index (χ2v) is 5.30. The number of rotatable bonds is 3. The average Bonchev–Trinajstić information content (AvgIpc) is 2.58. The van der Waals surface area contributed by atoms with E-state index in [9.17, 15) is 19.3 Å². The zero-order valence-electron chi connectivity index (χ0n) is 13.0. The van der Waals surface area contributed by atoms with E-state index in [1.807, 2.05) is 0 Å². The van der Waals surface area contributed by atoms with Crippen molar-refractivity contribution in [3.63, 3.8) is 0 Å². The zero-order valence-corrected chi connectivity index (χ0v) is 13.0. The number of likely N-dealkylation sites (N-methyl/N-ethyl adjacent to an activating group) is 1. The molecule has 1 aliphatic heterocycles. The lowest BCUT2D eigenvalue weighted by Gasteiger charge is -2.28. The highest BCUT2D eigenvalue weighted by Gasteiger charge is 2.41. The standard InChI is InChI=1S/C13H15BN4O6/c1-18(2)12(20)11(19)16-9-6-7-4-3-5-8(13(21)24-15)10(7)23-14(9)17-22/h3-5,9H,6,15H2,1-2H3,(H,16,19)/t9-/m0/s1. The van der Waals surface area contributed by atoms with Crippen molar-refractivity contribution in [1.29, 1.82) is 0 Å². The van der Waals surface area contributed by atoms with Gasteiger partial charge in [0.15, 0.2) is 0 Å². The van der Waals surface area contributed by atoms with E-state index in [1.54, 1.807) is 12.1 Å². The summed E-state index contributed by atoms with van der Waals surface area (Å²) in [4.78, 5) is 51.5. The number of nitrogens with zero attached hydrogens (tertiary/aromatic N) is 2. The summed E-state index contributed by atoms with van der Waals surface area (Å²) >= 11 is 0. The number of hydrogen-bond donors (Lipinski definition) is 2. The summed E-state index contributed by atoms with van der Waals surface area (Å²) in [6.07, 6.45) is 0.143. The molecule has 0 aromatic heterocycles. The van der Waals surface area contributed by atoms with Crippen LogP contribution in [0.3, 0.4) is 0 Å². The van der Waals surface area contributed by atoms with Crippen molar-refractivity contribution in [2.24, 2.45) is 11.0 Å². The summed E-state index contributed by atoms with van der Waals surface area (Å²) in [5.74, 6) is 1.64. The third kappa shape index (κ3) is 3.35. The molecule has 0 spiro atoms. The molecule has 24 heavy (non-hydrogen) atoms. The SMILES string of the molecule is CN(C)C(=O)C(=O)N[C@H]1Cc2cccc(C(=O)ON)c2OB1N=O. The molecule has 1 aliphatic rings. The predicted octanol–water partition coefficient (Wildman–Crippen LogP) is -0.981. The van der Waals surface area contributed by atoms with Gasteiger partial charge in [-0.05, 0) is 18.1 Å².